The minimum Gasteiger partial charge on any atom is -0.465 e. The van der Waals surface area contributed by atoms with Gasteiger partial charge in [-0.1, -0.05) is 31.5 Å². The number of benzene rings is 1. The van der Waals surface area contributed by atoms with Crippen molar-refractivity contribution in [3.8, 4) is 0 Å². The van der Waals surface area contributed by atoms with Gasteiger partial charge in [-0.15, -0.1) is 0 Å². The number of rotatable bonds is 10. The highest BCUT2D eigenvalue weighted by atomic mass is 35.5. The number of ether oxygens (including phenoxy) is 2. The first-order chi connectivity index (χ1) is 13.0. The monoisotopic (exact) mass is 396 g/mol. The van der Waals surface area contributed by atoms with Crippen molar-refractivity contribution in [1.82, 2.24) is 5.32 Å². The zero-order valence-corrected chi connectivity index (χ0v) is 16.5. The Kier molecular flexibility index (Phi) is 10.1. The number of nitrogens with zero attached hydrogens (tertiary/aromatic N) is 1. The van der Waals surface area contributed by atoms with Crippen LogP contribution < -0.4 is 5.32 Å². The van der Waals surface area contributed by atoms with Gasteiger partial charge in [-0.2, -0.15) is 0 Å². The fourth-order valence-electron chi connectivity index (χ4n) is 2.01. The number of hydrogen-bond donors (Lipinski definition) is 1. The van der Waals surface area contributed by atoms with Crippen molar-refractivity contribution in [2.24, 2.45) is 10.9 Å². The molecule has 27 heavy (non-hydrogen) atoms. The highest BCUT2D eigenvalue weighted by Gasteiger charge is 2.28. The lowest BCUT2D eigenvalue weighted by Gasteiger charge is -2.11. The van der Waals surface area contributed by atoms with Crippen LogP contribution in [0.15, 0.2) is 23.2 Å². The first-order valence-corrected chi connectivity index (χ1v) is 9.28. The molecule has 0 heterocycles. The molecule has 1 rings (SSSR count). The predicted octanol–water partition coefficient (Wildman–Crippen LogP) is 3.31. The van der Waals surface area contributed by atoms with E-state index < -0.39 is 17.9 Å². The molecule has 0 saturated carbocycles. The number of nitrogens with one attached hydrogen (secondary N) is 1. The van der Waals surface area contributed by atoms with Crippen molar-refractivity contribution in [2.45, 2.75) is 33.6 Å². The third kappa shape index (κ3) is 7.02. The maximum absolute atomic E-state index is 12.2. The highest BCUT2D eigenvalue weighted by molar-refractivity contribution is 6.36. The van der Waals surface area contributed by atoms with E-state index in [1.807, 2.05) is 13.8 Å². The quantitative estimate of drug-likeness (QED) is 0.372. The molecule has 1 amide bonds. The van der Waals surface area contributed by atoms with Crippen LogP contribution >= 0.6 is 11.6 Å². The minimum absolute atomic E-state index is 0.127. The van der Waals surface area contributed by atoms with Gasteiger partial charge in [-0.3, -0.25) is 19.4 Å². The summed E-state index contributed by atoms with van der Waals surface area (Å²) < 4.78 is 10.1. The summed E-state index contributed by atoms with van der Waals surface area (Å²) in [6.45, 7) is 6.33. The molecule has 1 aromatic carbocycles. The van der Waals surface area contributed by atoms with Crippen LogP contribution in [0, 0.1) is 5.92 Å². The number of amides is 1. The zero-order valence-electron chi connectivity index (χ0n) is 15.8. The highest BCUT2D eigenvalue weighted by Crippen LogP contribution is 2.28. The van der Waals surface area contributed by atoms with Crippen LogP contribution in [0.3, 0.4) is 0 Å². The summed E-state index contributed by atoms with van der Waals surface area (Å²) in [5.74, 6) is -3.11. The fraction of sp³-hybridized carbons (Fsp3) is 0.474. The molecule has 1 aromatic rings. The Labute approximate surface area is 164 Å². The van der Waals surface area contributed by atoms with Crippen LogP contribution in [-0.4, -0.2) is 43.8 Å². The third-order valence-electron chi connectivity index (χ3n) is 3.33. The van der Waals surface area contributed by atoms with Crippen molar-refractivity contribution < 1.29 is 23.9 Å². The largest absolute Gasteiger partial charge is 0.465 e. The molecule has 8 heteroatoms. The zero-order chi connectivity index (χ0) is 20.2. The third-order valence-corrected chi connectivity index (χ3v) is 3.72. The molecule has 0 spiro atoms. The van der Waals surface area contributed by atoms with E-state index in [1.54, 1.807) is 25.1 Å². The Morgan fingerprint density at radius 2 is 1.70 bits per heavy atom. The van der Waals surface area contributed by atoms with Crippen LogP contribution in [0.25, 0.3) is 0 Å². The SMILES string of the molecule is CCCOC(=O)C(C=Nc1cccc(C(=O)NCC)c1Cl)C(=O)OCCC. The molecule has 0 aliphatic rings. The molecule has 0 saturated heterocycles. The lowest BCUT2D eigenvalue weighted by Crippen LogP contribution is -2.29. The average Bonchev–Trinajstić information content (AvgIpc) is 2.66. The van der Waals surface area contributed by atoms with Crippen LogP contribution in [0.5, 0.6) is 0 Å². The van der Waals surface area contributed by atoms with Gasteiger partial charge >= 0.3 is 11.9 Å². The topological polar surface area (TPSA) is 94.1 Å². The van der Waals surface area contributed by atoms with E-state index >= 15 is 0 Å². The van der Waals surface area contributed by atoms with E-state index in [2.05, 4.69) is 10.3 Å². The second-order valence-electron chi connectivity index (χ2n) is 5.59. The van der Waals surface area contributed by atoms with E-state index in [-0.39, 0.29) is 35.4 Å². The first kappa shape index (κ1) is 22.6. The standard InChI is InChI=1S/C19H25ClN2O5/c1-4-10-26-18(24)14(19(25)27-11-5-2)12-22-15-9-7-8-13(16(15)20)17(23)21-6-3/h7-9,12,14H,4-6,10-11H2,1-3H3,(H,21,23). The molecule has 148 valence electrons. The minimum atomic E-state index is -1.30. The average molecular weight is 397 g/mol. The Morgan fingerprint density at radius 1 is 1.11 bits per heavy atom. The number of carbonyl (C=O) groups is 3. The molecule has 0 aliphatic heterocycles. The van der Waals surface area contributed by atoms with E-state index in [0.29, 0.717) is 19.4 Å². The van der Waals surface area contributed by atoms with Gasteiger partial charge in [0.05, 0.1) is 29.5 Å². The van der Waals surface area contributed by atoms with Gasteiger partial charge in [-0.25, -0.2) is 0 Å². The van der Waals surface area contributed by atoms with Crippen LogP contribution in [0.2, 0.25) is 5.02 Å². The van der Waals surface area contributed by atoms with E-state index in [0.717, 1.165) is 6.21 Å². The summed E-state index contributed by atoms with van der Waals surface area (Å²) >= 11 is 6.24. The van der Waals surface area contributed by atoms with Gasteiger partial charge < -0.3 is 14.8 Å². The number of esters is 2. The van der Waals surface area contributed by atoms with Gasteiger partial charge in [0.2, 0.25) is 0 Å². The lowest BCUT2D eigenvalue weighted by molar-refractivity contribution is -0.158. The first-order valence-electron chi connectivity index (χ1n) is 8.90. The maximum atomic E-state index is 12.2. The van der Waals surface area contributed by atoms with E-state index in [1.165, 1.54) is 0 Å². The summed E-state index contributed by atoms with van der Waals surface area (Å²) in [5, 5.41) is 2.78. The summed E-state index contributed by atoms with van der Waals surface area (Å²) in [6.07, 6.45) is 2.39. The van der Waals surface area contributed by atoms with Gasteiger partial charge in [-0.05, 0) is 31.9 Å². The summed E-state index contributed by atoms with van der Waals surface area (Å²) in [6, 6.07) is 4.76. The van der Waals surface area contributed by atoms with Crippen molar-refractivity contribution in [3.63, 3.8) is 0 Å². The van der Waals surface area contributed by atoms with Crippen LogP contribution in [-0.2, 0) is 19.1 Å². The van der Waals surface area contributed by atoms with E-state index in [4.69, 9.17) is 21.1 Å². The van der Waals surface area contributed by atoms with Gasteiger partial charge in [0.15, 0.2) is 5.92 Å². The van der Waals surface area contributed by atoms with Crippen molar-refractivity contribution in [3.05, 3.63) is 28.8 Å². The van der Waals surface area contributed by atoms with Crippen molar-refractivity contribution in [2.75, 3.05) is 19.8 Å². The molecule has 0 unspecified atom stereocenters. The molecule has 0 aliphatic carbocycles. The summed E-state index contributed by atoms with van der Waals surface area (Å²) in [4.78, 5) is 40.5. The van der Waals surface area contributed by atoms with E-state index in [9.17, 15) is 14.4 Å². The van der Waals surface area contributed by atoms with Gasteiger partial charge in [0.25, 0.3) is 5.91 Å². The molecule has 0 fully saturated rings. The number of carbonyl (C=O) groups excluding carboxylic acids is 3. The normalized spacial score (nSPS) is 10.9. The van der Waals surface area contributed by atoms with Gasteiger partial charge in [0, 0.05) is 12.8 Å². The maximum Gasteiger partial charge on any atom is 0.325 e. The Bertz CT molecular complexity index is 671. The summed E-state index contributed by atoms with van der Waals surface area (Å²) in [5.41, 5.74) is 0.517. The lowest BCUT2D eigenvalue weighted by atomic mass is 10.1. The molecular formula is C19H25ClN2O5. The van der Waals surface area contributed by atoms with Crippen molar-refractivity contribution >= 4 is 41.3 Å². The molecule has 1 N–H and O–H groups in total. The predicted molar refractivity (Wildman–Crippen MR) is 104 cm³/mol. The molecule has 0 atom stereocenters. The van der Waals surface area contributed by atoms with Crippen molar-refractivity contribution in [1.29, 1.82) is 0 Å². The molecule has 7 nitrogen and oxygen atoms in total. The Morgan fingerprint density at radius 3 is 2.22 bits per heavy atom. The molecule has 0 bridgehead atoms. The Hall–Kier alpha value is -2.41. The number of halogens is 1. The number of aliphatic imine (C=N–C) groups is 1. The fourth-order valence-corrected chi connectivity index (χ4v) is 2.27. The second-order valence-corrected chi connectivity index (χ2v) is 5.97. The second kappa shape index (κ2) is 12.1. The summed E-state index contributed by atoms with van der Waals surface area (Å²) in [7, 11) is 0. The van der Waals surface area contributed by atoms with Gasteiger partial charge in [0.1, 0.15) is 0 Å². The molecule has 0 radical (unpaired) electrons. The molecule has 0 aromatic heterocycles. The smallest absolute Gasteiger partial charge is 0.325 e. The van der Waals surface area contributed by atoms with Crippen LogP contribution in [0.4, 0.5) is 5.69 Å². The molecular weight excluding hydrogens is 372 g/mol. The Balaban J connectivity index is 3.07. The van der Waals surface area contributed by atoms with Crippen LogP contribution in [0.1, 0.15) is 44.0 Å². The number of hydrogen-bond acceptors (Lipinski definition) is 6.